The molecule has 0 atom stereocenters. The molecule has 11 heavy (non-hydrogen) atoms. The number of hydrogen-bond acceptors (Lipinski definition) is 3. The third-order valence-corrected chi connectivity index (χ3v) is 1.79. The van der Waals surface area contributed by atoms with Crippen LogP contribution in [0, 0.1) is 0 Å². The highest BCUT2D eigenvalue weighted by Gasteiger charge is 2.13. The van der Waals surface area contributed by atoms with Crippen molar-refractivity contribution in [1.82, 2.24) is 0 Å². The SMILES string of the molecule is C=Cc1ccc(S(=O)(=O)O)o1. The smallest absolute Gasteiger partial charge is 0.328 e. The van der Waals surface area contributed by atoms with Gasteiger partial charge in [0.2, 0.25) is 5.09 Å². The van der Waals surface area contributed by atoms with Gasteiger partial charge in [-0.05, 0) is 18.2 Å². The third-order valence-electron chi connectivity index (χ3n) is 1.06. The summed E-state index contributed by atoms with van der Waals surface area (Å²) >= 11 is 0. The number of rotatable bonds is 2. The van der Waals surface area contributed by atoms with Gasteiger partial charge in [-0.25, -0.2) is 0 Å². The van der Waals surface area contributed by atoms with E-state index >= 15 is 0 Å². The lowest BCUT2D eigenvalue weighted by Gasteiger charge is -1.87. The van der Waals surface area contributed by atoms with Crippen LogP contribution in [0.25, 0.3) is 6.08 Å². The molecule has 0 aromatic carbocycles. The lowest BCUT2D eigenvalue weighted by molar-refractivity contribution is 0.403. The zero-order valence-electron chi connectivity index (χ0n) is 5.52. The van der Waals surface area contributed by atoms with Crippen molar-refractivity contribution in [2.45, 2.75) is 5.09 Å². The quantitative estimate of drug-likeness (QED) is 0.683. The van der Waals surface area contributed by atoms with Crippen LogP contribution in [-0.4, -0.2) is 13.0 Å². The average Bonchev–Trinajstić information content (AvgIpc) is 2.32. The van der Waals surface area contributed by atoms with Gasteiger partial charge in [0.15, 0.2) is 0 Å². The maximum Gasteiger partial charge on any atom is 0.328 e. The standard InChI is InChI=1S/C6H6O4S/c1-2-5-3-4-6(10-5)11(7,8)9/h2-4H,1H2,(H,7,8,9). The van der Waals surface area contributed by atoms with Gasteiger partial charge in [-0.1, -0.05) is 6.58 Å². The van der Waals surface area contributed by atoms with E-state index in [-0.39, 0.29) is 0 Å². The van der Waals surface area contributed by atoms with Gasteiger partial charge in [0.25, 0.3) is 0 Å². The Labute approximate surface area is 63.9 Å². The maximum absolute atomic E-state index is 10.4. The zero-order chi connectivity index (χ0) is 8.48. The molecule has 0 radical (unpaired) electrons. The summed E-state index contributed by atoms with van der Waals surface area (Å²) in [6, 6.07) is 2.56. The molecule has 1 rings (SSSR count). The molecule has 5 heteroatoms. The van der Waals surface area contributed by atoms with Gasteiger partial charge in [-0.3, -0.25) is 4.55 Å². The first kappa shape index (κ1) is 8.03. The Morgan fingerprint density at radius 2 is 2.18 bits per heavy atom. The Bertz CT molecular complexity index is 360. The molecule has 1 N–H and O–H groups in total. The van der Waals surface area contributed by atoms with E-state index in [0.717, 1.165) is 6.07 Å². The summed E-state index contributed by atoms with van der Waals surface area (Å²) in [5.74, 6) is 0.303. The molecular weight excluding hydrogens is 168 g/mol. The van der Waals surface area contributed by atoms with Crippen LogP contribution < -0.4 is 0 Å². The van der Waals surface area contributed by atoms with E-state index in [4.69, 9.17) is 4.55 Å². The summed E-state index contributed by atoms with van der Waals surface area (Å²) < 4.78 is 33.9. The molecule has 1 heterocycles. The Morgan fingerprint density at radius 1 is 1.55 bits per heavy atom. The lowest BCUT2D eigenvalue weighted by atomic mass is 10.5. The molecule has 0 saturated carbocycles. The molecule has 0 fully saturated rings. The van der Waals surface area contributed by atoms with Crippen molar-refractivity contribution >= 4 is 16.2 Å². The maximum atomic E-state index is 10.4. The van der Waals surface area contributed by atoms with Crippen LogP contribution in [-0.2, 0) is 10.1 Å². The average molecular weight is 174 g/mol. The van der Waals surface area contributed by atoms with Crippen molar-refractivity contribution in [1.29, 1.82) is 0 Å². The first-order chi connectivity index (χ1) is 5.04. The summed E-state index contributed by atoms with van der Waals surface area (Å²) in [5.41, 5.74) is 0. The molecule has 0 amide bonds. The van der Waals surface area contributed by atoms with Gasteiger partial charge in [0.05, 0.1) is 0 Å². The minimum absolute atomic E-state index is 0.303. The van der Waals surface area contributed by atoms with Gasteiger partial charge in [-0.15, -0.1) is 0 Å². The van der Waals surface area contributed by atoms with Crippen LogP contribution >= 0.6 is 0 Å². The van der Waals surface area contributed by atoms with Gasteiger partial charge in [0.1, 0.15) is 5.76 Å². The van der Waals surface area contributed by atoms with Crippen molar-refractivity contribution in [2.24, 2.45) is 0 Å². The first-order valence-corrected chi connectivity index (χ1v) is 4.18. The molecule has 0 saturated heterocycles. The molecule has 0 bridgehead atoms. The van der Waals surface area contributed by atoms with E-state index in [2.05, 4.69) is 11.0 Å². The van der Waals surface area contributed by atoms with Crippen molar-refractivity contribution in [3.8, 4) is 0 Å². The molecule has 4 nitrogen and oxygen atoms in total. The van der Waals surface area contributed by atoms with E-state index in [1.807, 2.05) is 0 Å². The Kier molecular flexibility index (Phi) is 1.84. The molecule has 0 aliphatic rings. The van der Waals surface area contributed by atoms with Crippen molar-refractivity contribution in [2.75, 3.05) is 0 Å². The van der Waals surface area contributed by atoms with E-state index in [9.17, 15) is 8.42 Å². The van der Waals surface area contributed by atoms with E-state index < -0.39 is 15.2 Å². The third kappa shape index (κ3) is 1.69. The largest absolute Gasteiger partial charge is 0.443 e. The highest BCUT2D eigenvalue weighted by Crippen LogP contribution is 2.13. The molecule has 0 unspecified atom stereocenters. The Morgan fingerprint density at radius 3 is 2.45 bits per heavy atom. The van der Waals surface area contributed by atoms with Crippen LogP contribution in [0.2, 0.25) is 0 Å². The van der Waals surface area contributed by atoms with Crippen molar-refractivity contribution < 1.29 is 17.4 Å². The number of hydrogen-bond donors (Lipinski definition) is 1. The van der Waals surface area contributed by atoms with E-state index in [0.29, 0.717) is 5.76 Å². The summed E-state index contributed by atoms with van der Waals surface area (Å²) in [4.78, 5) is 0. The fourth-order valence-electron chi connectivity index (χ4n) is 0.583. The zero-order valence-corrected chi connectivity index (χ0v) is 6.34. The van der Waals surface area contributed by atoms with Gasteiger partial charge < -0.3 is 4.42 Å². The lowest BCUT2D eigenvalue weighted by Crippen LogP contribution is -1.94. The molecule has 1 aromatic heterocycles. The monoisotopic (exact) mass is 174 g/mol. The normalized spacial score (nSPS) is 11.4. The van der Waals surface area contributed by atoms with Crippen LogP contribution in [0.15, 0.2) is 28.2 Å². The minimum atomic E-state index is -4.21. The van der Waals surface area contributed by atoms with Crippen LogP contribution in [0.1, 0.15) is 5.76 Å². The molecule has 0 aliphatic heterocycles. The summed E-state index contributed by atoms with van der Waals surface area (Å²) in [6.07, 6.45) is 1.34. The second-order valence-electron chi connectivity index (χ2n) is 1.84. The number of furan rings is 1. The molecule has 0 spiro atoms. The highest BCUT2D eigenvalue weighted by atomic mass is 32.2. The first-order valence-electron chi connectivity index (χ1n) is 2.74. The van der Waals surface area contributed by atoms with Gasteiger partial charge in [0, 0.05) is 0 Å². The molecule has 0 aliphatic carbocycles. The predicted octanol–water partition coefficient (Wildman–Crippen LogP) is 1.17. The van der Waals surface area contributed by atoms with Gasteiger partial charge in [-0.2, -0.15) is 8.42 Å². The van der Waals surface area contributed by atoms with Gasteiger partial charge >= 0.3 is 10.1 Å². The highest BCUT2D eigenvalue weighted by molar-refractivity contribution is 7.85. The van der Waals surface area contributed by atoms with Crippen LogP contribution in [0.3, 0.4) is 0 Å². The van der Waals surface area contributed by atoms with Crippen molar-refractivity contribution in [3.05, 3.63) is 24.5 Å². The van der Waals surface area contributed by atoms with Crippen molar-refractivity contribution in [3.63, 3.8) is 0 Å². The topological polar surface area (TPSA) is 67.5 Å². The molecule has 60 valence electrons. The Balaban J connectivity index is 3.18. The van der Waals surface area contributed by atoms with E-state index in [1.165, 1.54) is 12.1 Å². The van der Waals surface area contributed by atoms with E-state index in [1.54, 1.807) is 0 Å². The van der Waals surface area contributed by atoms with Crippen LogP contribution in [0.5, 0.6) is 0 Å². The summed E-state index contributed by atoms with van der Waals surface area (Å²) in [5, 5.41) is -0.465. The fourth-order valence-corrected chi connectivity index (χ4v) is 1.02. The predicted molar refractivity (Wildman–Crippen MR) is 38.6 cm³/mol. The second-order valence-corrected chi connectivity index (χ2v) is 3.19. The minimum Gasteiger partial charge on any atom is -0.443 e. The molecule has 1 aromatic rings. The fraction of sp³-hybridized carbons (Fsp3) is 0. The van der Waals surface area contributed by atoms with Crippen LogP contribution in [0.4, 0.5) is 0 Å². The summed E-state index contributed by atoms with van der Waals surface area (Å²) in [7, 11) is -4.21. The second kappa shape index (κ2) is 2.52. The molecular formula is C6H6O4S. The Hall–Kier alpha value is -1.07. The summed E-state index contributed by atoms with van der Waals surface area (Å²) in [6.45, 7) is 3.36.